The number of carboxylic acids is 1. The van der Waals surface area contributed by atoms with Gasteiger partial charge >= 0.3 is 5.97 Å². The second-order valence-corrected chi connectivity index (χ2v) is 11.1. The first kappa shape index (κ1) is 40.9. The van der Waals surface area contributed by atoms with Crippen LogP contribution in [0.15, 0.2) is 0 Å². The summed E-state index contributed by atoms with van der Waals surface area (Å²) in [5, 5.41) is 21.7. The van der Waals surface area contributed by atoms with E-state index in [4.69, 9.17) is 17.2 Å². The first-order chi connectivity index (χ1) is 20.6. The summed E-state index contributed by atoms with van der Waals surface area (Å²) in [6, 6.07) is -7.01. The van der Waals surface area contributed by atoms with E-state index in [2.05, 4.69) is 51.8 Å². The van der Waals surface area contributed by atoms with Crippen molar-refractivity contribution in [1.29, 1.82) is 0 Å². The molecule has 0 aromatic rings. The minimum Gasteiger partial charge on any atom is -0.480 e. The van der Waals surface area contributed by atoms with Gasteiger partial charge in [-0.25, -0.2) is 4.79 Å². The zero-order valence-corrected chi connectivity index (χ0v) is 27.1. The van der Waals surface area contributed by atoms with E-state index in [0.717, 1.165) is 0 Å². The largest absolute Gasteiger partial charge is 0.480 e. The molecule has 0 rings (SSSR count). The number of aliphatic carboxylic acids is 1. The first-order valence-corrected chi connectivity index (χ1v) is 15.6. The molecule has 0 aliphatic heterocycles. The Kier molecular flexibility index (Phi) is 20.1. The van der Waals surface area contributed by atoms with Gasteiger partial charge in [-0.05, 0) is 45.1 Å². The summed E-state index contributed by atoms with van der Waals surface area (Å²) >= 11 is 8.06. The number of nitrogens with one attached hydrogen (secondary N) is 5. The fourth-order valence-electron chi connectivity index (χ4n) is 3.75. The summed E-state index contributed by atoms with van der Waals surface area (Å²) in [5.41, 5.74) is 16.4. The molecule has 12 N–H and O–H groups in total. The van der Waals surface area contributed by atoms with E-state index in [1.54, 1.807) is 13.8 Å². The summed E-state index contributed by atoms with van der Waals surface area (Å²) in [5.74, 6) is -6.23. The van der Waals surface area contributed by atoms with Gasteiger partial charge in [-0.2, -0.15) is 25.3 Å². The molecular weight excluding hydrogens is 616 g/mol. The highest BCUT2D eigenvalue weighted by Gasteiger charge is 2.33. The standard InChI is InChI=1S/C26H48N8O8S2/c1-4-13(2)20(34-22(37)15(28)11-43)25(40)31-16(8-9-19(29)35)23(38)30-14(3)21(36)33-18(12-44)24(39)32-17(26(41)42)7-5-6-10-27/h13-18,20,43-44H,4-12,27-28H2,1-3H3,(H2,29,35)(H,30,38)(H,31,40)(H,32,39)(H,33,36)(H,34,37)(H,41,42)/t13-,14-,15-,16-,17-,18-,20-/m0/s1. The third-order valence-electron chi connectivity index (χ3n) is 6.77. The van der Waals surface area contributed by atoms with E-state index in [1.165, 1.54) is 6.92 Å². The molecule has 18 heteroatoms. The van der Waals surface area contributed by atoms with Gasteiger partial charge in [0.1, 0.15) is 30.2 Å². The molecule has 252 valence electrons. The predicted molar refractivity (Wildman–Crippen MR) is 169 cm³/mol. The van der Waals surface area contributed by atoms with Gasteiger partial charge in [0.25, 0.3) is 0 Å². The molecule has 0 aromatic heterocycles. The van der Waals surface area contributed by atoms with Crippen LogP contribution >= 0.6 is 25.3 Å². The average Bonchev–Trinajstić information content (AvgIpc) is 2.98. The third-order valence-corrected chi connectivity index (χ3v) is 7.53. The predicted octanol–water partition coefficient (Wildman–Crippen LogP) is -2.86. The van der Waals surface area contributed by atoms with Crippen LogP contribution in [0.25, 0.3) is 0 Å². The van der Waals surface area contributed by atoms with Gasteiger partial charge < -0.3 is 48.9 Å². The van der Waals surface area contributed by atoms with Crippen molar-refractivity contribution in [1.82, 2.24) is 26.6 Å². The van der Waals surface area contributed by atoms with Crippen molar-refractivity contribution < 1.29 is 38.7 Å². The number of carbonyl (C=O) groups excluding carboxylic acids is 6. The molecule has 0 radical (unpaired) electrons. The quantitative estimate of drug-likeness (QED) is 0.0416. The molecular formula is C26H48N8O8S2. The van der Waals surface area contributed by atoms with Crippen LogP contribution in [0.5, 0.6) is 0 Å². The second kappa shape index (κ2) is 21.6. The summed E-state index contributed by atoms with van der Waals surface area (Å²) in [4.78, 5) is 87.2. The first-order valence-electron chi connectivity index (χ1n) is 14.3. The van der Waals surface area contributed by atoms with Gasteiger partial charge in [0.2, 0.25) is 35.4 Å². The highest BCUT2D eigenvalue weighted by atomic mass is 32.1. The molecule has 16 nitrogen and oxygen atoms in total. The minimum absolute atomic E-state index is 0.0366. The maximum Gasteiger partial charge on any atom is 0.326 e. The van der Waals surface area contributed by atoms with E-state index in [0.29, 0.717) is 25.8 Å². The van der Waals surface area contributed by atoms with Gasteiger partial charge in [-0.1, -0.05) is 20.3 Å². The lowest BCUT2D eigenvalue weighted by atomic mass is 9.97. The molecule has 7 atom stereocenters. The third kappa shape index (κ3) is 15.1. The topological polar surface area (TPSA) is 278 Å². The van der Waals surface area contributed by atoms with Crippen molar-refractivity contribution in [2.45, 2.75) is 95.5 Å². The maximum atomic E-state index is 13.2. The van der Waals surface area contributed by atoms with Crippen LogP contribution < -0.4 is 43.8 Å². The van der Waals surface area contributed by atoms with Crippen LogP contribution in [0.2, 0.25) is 0 Å². The van der Waals surface area contributed by atoms with Crippen LogP contribution in [0.3, 0.4) is 0 Å². The fraction of sp³-hybridized carbons (Fsp3) is 0.731. The van der Waals surface area contributed by atoms with Gasteiger partial charge in [-0.3, -0.25) is 28.8 Å². The monoisotopic (exact) mass is 664 g/mol. The Morgan fingerprint density at radius 2 is 1.30 bits per heavy atom. The van der Waals surface area contributed by atoms with Gasteiger partial charge in [-0.15, -0.1) is 0 Å². The molecule has 0 bridgehead atoms. The number of carbonyl (C=O) groups is 7. The molecule has 0 saturated carbocycles. The number of hydrogen-bond acceptors (Lipinski definition) is 11. The molecule has 0 unspecified atom stereocenters. The molecule has 0 heterocycles. The van der Waals surface area contributed by atoms with E-state index in [-0.39, 0.29) is 36.7 Å². The highest BCUT2D eigenvalue weighted by Crippen LogP contribution is 2.10. The molecule has 0 spiro atoms. The summed E-state index contributed by atoms with van der Waals surface area (Å²) in [6.07, 6.45) is 1.19. The number of thiol groups is 2. The van der Waals surface area contributed by atoms with Crippen molar-refractivity contribution >= 4 is 66.7 Å². The Morgan fingerprint density at radius 3 is 1.80 bits per heavy atom. The minimum atomic E-state index is -1.32. The van der Waals surface area contributed by atoms with Gasteiger partial charge in [0, 0.05) is 17.9 Å². The SMILES string of the molecule is CC[C@H](C)[C@H](NC(=O)[C@@H](N)CS)C(=O)N[C@@H](CCC(N)=O)C(=O)N[C@@H](C)C(=O)N[C@@H](CS)C(=O)N[C@@H](CCCCN)C(=O)O. The number of primary amides is 1. The normalized spacial score (nSPS) is 15.7. The van der Waals surface area contributed by atoms with Crippen molar-refractivity contribution in [2.75, 3.05) is 18.1 Å². The number of carboxylic acid groups (broad SMARTS) is 1. The molecule has 0 aliphatic rings. The lowest BCUT2D eigenvalue weighted by Gasteiger charge is -2.28. The van der Waals surface area contributed by atoms with E-state index in [1.807, 2.05) is 0 Å². The molecule has 0 saturated heterocycles. The molecule has 44 heavy (non-hydrogen) atoms. The zero-order chi connectivity index (χ0) is 34.0. The Balaban J connectivity index is 5.59. The van der Waals surface area contributed by atoms with Gasteiger partial charge in [0.05, 0.1) is 6.04 Å². The van der Waals surface area contributed by atoms with E-state index in [9.17, 15) is 38.7 Å². The number of amides is 6. The Hall–Kier alpha value is -3.09. The van der Waals surface area contributed by atoms with E-state index < -0.39 is 77.7 Å². The van der Waals surface area contributed by atoms with Crippen LogP contribution in [-0.2, 0) is 33.6 Å². The Morgan fingerprint density at radius 1 is 0.727 bits per heavy atom. The molecule has 0 fully saturated rings. The van der Waals surface area contributed by atoms with Gasteiger partial charge in [0.15, 0.2) is 0 Å². The number of nitrogens with two attached hydrogens (primary N) is 3. The molecule has 0 aliphatic carbocycles. The summed E-state index contributed by atoms with van der Waals surface area (Å²) < 4.78 is 0. The van der Waals surface area contributed by atoms with Crippen molar-refractivity contribution in [3.05, 3.63) is 0 Å². The summed E-state index contributed by atoms with van der Waals surface area (Å²) in [7, 11) is 0. The lowest BCUT2D eigenvalue weighted by Crippen LogP contribution is -2.60. The zero-order valence-electron chi connectivity index (χ0n) is 25.3. The second-order valence-electron chi connectivity index (χ2n) is 10.4. The smallest absolute Gasteiger partial charge is 0.326 e. The fourth-order valence-corrected chi connectivity index (χ4v) is 4.18. The van der Waals surface area contributed by atoms with Crippen LogP contribution in [0.1, 0.15) is 59.3 Å². The van der Waals surface area contributed by atoms with Crippen LogP contribution in [0, 0.1) is 5.92 Å². The molecule has 6 amide bonds. The maximum absolute atomic E-state index is 13.2. The molecule has 0 aromatic carbocycles. The number of rotatable bonds is 22. The van der Waals surface area contributed by atoms with Crippen molar-refractivity contribution in [3.8, 4) is 0 Å². The lowest BCUT2D eigenvalue weighted by molar-refractivity contribution is -0.142. The number of hydrogen-bond donors (Lipinski definition) is 11. The average molecular weight is 665 g/mol. The van der Waals surface area contributed by atoms with Crippen LogP contribution in [0.4, 0.5) is 0 Å². The summed E-state index contributed by atoms with van der Waals surface area (Å²) in [6.45, 7) is 5.21. The van der Waals surface area contributed by atoms with Crippen molar-refractivity contribution in [3.63, 3.8) is 0 Å². The van der Waals surface area contributed by atoms with Crippen molar-refractivity contribution in [2.24, 2.45) is 23.1 Å². The van der Waals surface area contributed by atoms with E-state index >= 15 is 0 Å². The number of unbranched alkanes of at least 4 members (excludes halogenated alkanes) is 1. The van der Waals surface area contributed by atoms with Crippen LogP contribution in [-0.4, -0.2) is 101 Å². The Bertz CT molecular complexity index is 1010. The highest BCUT2D eigenvalue weighted by molar-refractivity contribution is 7.80. The Labute approximate surface area is 268 Å².